The molecule has 238 valence electrons. The molecule has 4 aromatic heterocycles. The molecule has 0 saturated heterocycles. The third-order valence-corrected chi connectivity index (χ3v) is 9.25. The third-order valence-electron chi connectivity index (χ3n) is 9.25. The molecule has 0 amide bonds. The highest BCUT2D eigenvalue weighted by molar-refractivity contribution is 6.12. The lowest BCUT2D eigenvalue weighted by Gasteiger charge is -2.08. The van der Waals surface area contributed by atoms with Crippen molar-refractivity contribution in [3.05, 3.63) is 152 Å². The number of rotatable bonds is 4. The largest absolute Gasteiger partial charge is 0.456 e. The van der Waals surface area contributed by atoms with Gasteiger partial charge < -0.3 is 13.3 Å². The summed E-state index contributed by atoms with van der Waals surface area (Å²) in [5, 5.41) is 3.59. The Labute approximate surface area is 298 Å². The molecule has 0 atom stereocenters. The van der Waals surface area contributed by atoms with Crippen molar-refractivity contribution in [2.75, 3.05) is 0 Å². The summed E-state index contributed by atoms with van der Waals surface area (Å²) in [6.45, 7) is 0. The first-order valence-electron chi connectivity index (χ1n) is 19.4. The molecule has 11 aromatic rings. The van der Waals surface area contributed by atoms with E-state index >= 15 is 0 Å². The number of furan rings is 3. The minimum atomic E-state index is -0.365. The molecule has 6 heteroatoms. The second-order valence-electron chi connectivity index (χ2n) is 12.3. The van der Waals surface area contributed by atoms with E-state index in [1.54, 1.807) is 12.1 Å². The molecule has 0 aliphatic heterocycles. The minimum absolute atomic E-state index is 0.00664. The number of aromatic nitrogens is 3. The van der Waals surface area contributed by atoms with Gasteiger partial charge in [-0.05, 0) is 60.1 Å². The van der Waals surface area contributed by atoms with E-state index in [1.807, 2.05) is 103 Å². The number of hydrogen-bond acceptors (Lipinski definition) is 6. The maximum atomic E-state index is 9.53. The number of fused-ring (bicyclic) bond motifs is 9. The first-order valence-corrected chi connectivity index (χ1v) is 16.4. The Morgan fingerprint density at radius 2 is 0.980 bits per heavy atom. The van der Waals surface area contributed by atoms with Gasteiger partial charge in [-0.3, -0.25) is 0 Å². The van der Waals surface area contributed by atoms with Gasteiger partial charge in [-0.1, -0.05) is 97.0 Å². The van der Waals surface area contributed by atoms with Gasteiger partial charge in [-0.25, -0.2) is 15.0 Å². The Morgan fingerprint density at radius 3 is 1.71 bits per heavy atom. The van der Waals surface area contributed by atoms with Crippen LogP contribution in [0.3, 0.4) is 0 Å². The van der Waals surface area contributed by atoms with E-state index in [0.717, 1.165) is 27.1 Å². The van der Waals surface area contributed by atoms with Crippen molar-refractivity contribution >= 4 is 65.8 Å². The SMILES string of the molecule is [2H]c1c([2H])c([2H])c2c(oc3c([2H])c(-c4nc(-c5ccccc5)nc(-c5ccc6oc7ccccc7c6c5)n4)c([2H])c([2H])c32)c1-c1ccc2oc3ccccc3c2c1. The molecule has 0 aliphatic rings. The molecule has 4 heterocycles. The van der Waals surface area contributed by atoms with E-state index in [-0.39, 0.29) is 81.0 Å². The highest BCUT2D eigenvalue weighted by Gasteiger charge is 2.18. The van der Waals surface area contributed by atoms with Gasteiger partial charge in [0.2, 0.25) is 0 Å². The van der Waals surface area contributed by atoms with Crippen LogP contribution in [0.15, 0.2) is 165 Å². The summed E-state index contributed by atoms with van der Waals surface area (Å²) in [5.41, 5.74) is 4.84. The molecule has 0 unspecified atom stereocenters. The Bertz CT molecular complexity index is 3500. The molecule has 51 heavy (non-hydrogen) atoms. The number of nitrogens with zero attached hydrogens (tertiary/aromatic N) is 3. The van der Waals surface area contributed by atoms with E-state index in [1.165, 1.54) is 0 Å². The fraction of sp³-hybridized carbons (Fsp3) is 0. The van der Waals surface area contributed by atoms with Crippen molar-refractivity contribution < 1.29 is 21.5 Å². The number of para-hydroxylation sites is 3. The van der Waals surface area contributed by atoms with Crippen molar-refractivity contribution in [3.8, 4) is 45.3 Å². The van der Waals surface area contributed by atoms with Crippen LogP contribution in [-0.4, -0.2) is 15.0 Å². The molecule has 0 fully saturated rings. The molecule has 0 spiro atoms. The summed E-state index contributed by atoms with van der Waals surface area (Å²) in [4.78, 5) is 14.4. The van der Waals surface area contributed by atoms with Gasteiger partial charge in [0.15, 0.2) is 17.5 Å². The zero-order chi connectivity index (χ0) is 38.7. The molecular weight excluding hydrogens is 631 g/mol. The fourth-order valence-electron chi connectivity index (χ4n) is 6.81. The maximum absolute atomic E-state index is 9.53. The zero-order valence-corrected chi connectivity index (χ0v) is 26.5. The molecule has 0 bridgehead atoms. The van der Waals surface area contributed by atoms with Gasteiger partial charge in [0.25, 0.3) is 0 Å². The van der Waals surface area contributed by atoms with Gasteiger partial charge in [-0.2, -0.15) is 0 Å². The van der Waals surface area contributed by atoms with Crippen LogP contribution in [0.5, 0.6) is 0 Å². The van der Waals surface area contributed by atoms with Crippen molar-refractivity contribution in [1.82, 2.24) is 15.0 Å². The highest BCUT2D eigenvalue weighted by Crippen LogP contribution is 2.40. The summed E-state index contributed by atoms with van der Waals surface area (Å²) in [5.74, 6) is 0.586. The fourth-order valence-corrected chi connectivity index (χ4v) is 6.81. The van der Waals surface area contributed by atoms with Crippen LogP contribution in [0.4, 0.5) is 0 Å². The average Bonchev–Trinajstić information content (AvgIpc) is 3.94. The molecular formula is C45H25N3O3. The summed E-state index contributed by atoms with van der Waals surface area (Å²) in [6, 6.07) is 33.8. The second-order valence-corrected chi connectivity index (χ2v) is 12.3. The van der Waals surface area contributed by atoms with Crippen LogP contribution in [0.25, 0.3) is 111 Å². The van der Waals surface area contributed by atoms with Gasteiger partial charge in [-0.15, -0.1) is 0 Å². The molecule has 0 N–H and O–H groups in total. The molecule has 6 nitrogen and oxygen atoms in total. The molecule has 0 saturated carbocycles. The normalized spacial score (nSPS) is 13.6. The smallest absolute Gasteiger partial charge is 0.164 e. The van der Waals surface area contributed by atoms with Crippen molar-refractivity contribution in [2.45, 2.75) is 0 Å². The average molecular weight is 662 g/mol. The first-order chi connectivity index (χ1) is 27.7. The highest BCUT2D eigenvalue weighted by atomic mass is 16.3. The summed E-state index contributed by atoms with van der Waals surface area (Å²) in [6.07, 6.45) is 0. The van der Waals surface area contributed by atoms with Crippen LogP contribution in [0.2, 0.25) is 0 Å². The van der Waals surface area contributed by atoms with Crippen LogP contribution in [0, 0.1) is 0 Å². The van der Waals surface area contributed by atoms with Gasteiger partial charge >= 0.3 is 0 Å². The Balaban J connectivity index is 1.16. The predicted molar refractivity (Wildman–Crippen MR) is 203 cm³/mol. The molecule has 0 radical (unpaired) electrons. The van der Waals surface area contributed by atoms with Crippen LogP contribution in [0.1, 0.15) is 8.22 Å². The number of benzene rings is 7. The summed E-state index contributed by atoms with van der Waals surface area (Å²) < 4.78 is 73.5. The maximum Gasteiger partial charge on any atom is 0.164 e. The van der Waals surface area contributed by atoms with Crippen molar-refractivity contribution in [3.63, 3.8) is 0 Å². The lowest BCUT2D eigenvalue weighted by molar-refractivity contribution is 0.668. The molecule has 11 rings (SSSR count). The van der Waals surface area contributed by atoms with E-state index < -0.39 is 0 Å². The monoisotopic (exact) mass is 661 g/mol. The van der Waals surface area contributed by atoms with Gasteiger partial charge in [0, 0.05) is 54.6 Å². The Hall–Kier alpha value is -7.05. The molecule has 7 aromatic carbocycles. The van der Waals surface area contributed by atoms with Gasteiger partial charge in [0.1, 0.15) is 33.5 Å². The minimum Gasteiger partial charge on any atom is -0.456 e. The third kappa shape index (κ3) is 4.40. The second kappa shape index (κ2) is 10.7. The Morgan fingerprint density at radius 1 is 0.392 bits per heavy atom. The van der Waals surface area contributed by atoms with Gasteiger partial charge in [0.05, 0.1) is 8.22 Å². The predicted octanol–water partition coefficient (Wildman–Crippen LogP) is 12.2. The lowest BCUT2D eigenvalue weighted by Crippen LogP contribution is -2.00. The van der Waals surface area contributed by atoms with E-state index in [4.69, 9.17) is 32.3 Å². The zero-order valence-electron chi connectivity index (χ0n) is 32.5. The topological polar surface area (TPSA) is 78.1 Å². The summed E-state index contributed by atoms with van der Waals surface area (Å²) >= 11 is 0. The van der Waals surface area contributed by atoms with E-state index in [2.05, 4.69) is 0 Å². The first kappa shape index (κ1) is 22.6. The van der Waals surface area contributed by atoms with Crippen LogP contribution < -0.4 is 0 Å². The quantitative estimate of drug-likeness (QED) is 0.187. The standard InChI is InChI=1S/C45H25N3O3/c1-2-9-26(10-3-1)43-46-44(28-19-22-40-36(24-28)32-12-5-7-16-38(32)50-40)48-45(47-43)29-17-20-33-34-14-8-13-30(42(34)51-41(33)25-29)27-18-21-39-35(23-27)31-11-4-6-15-37(31)49-39/h1-25H/i8D,13D,14D,17D,20D,25D. The number of hydrogen-bond donors (Lipinski definition) is 0. The Kier molecular flexibility index (Phi) is 4.74. The molecule has 0 aliphatic carbocycles. The lowest BCUT2D eigenvalue weighted by atomic mass is 10.00. The van der Waals surface area contributed by atoms with Crippen molar-refractivity contribution in [2.24, 2.45) is 0 Å². The van der Waals surface area contributed by atoms with E-state index in [9.17, 15) is 4.11 Å². The van der Waals surface area contributed by atoms with Crippen molar-refractivity contribution in [1.29, 1.82) is 0 Å². The summed E-state index contributed by atoms with van der Waals surface area (Å²) in [7, 11) is 0. The van der Waals surface area contributed by atoms with Crippen LogP contribution in [-0.2, 0) is 0 Å². The van der Waals surface area contributed by atoms with E-state index in [0.29, 0.717) is 39.3 Å². The van der Waals surface area contributed by atoms with Crippen LogP contribution >= 0.6 is 0 Å².